The van der Waals surface area contributed by atoms with Crippen LogP contribution < -0.4 is 5.32 Å². The molecule has 0 spiro atoms. The van der Waals surface area contributed by atoms with Gasteiger partial charge in [0.05, 0.1) is 0 Å². The summed E-state index contributed by atoms with van der Waals surface area (Å²) in [6.45, 7) is 3.48. The maximum absolute atomic E-state index is 13.0. The Morgan fingerprint density at radius 2 is 1.61 bits per heavy atom. The number of carbonyl (C=O) groups is 2. The predicted molar refractivity (Wildman–Crippen MR) is 108 cm³/mol. The number of nitrogens with zero attached hydrogens (tertiary/aromatic N) is 1. The third-order valence-corrected chi connectivity index (χ3v) is 5.31. The number of hydrogen-bond acceptors (Lipinski definition) is 3. The van der Waals surface area contributed by atoms with Gasteiger partial charge in [-0.25, -0.2) is 4.39 Å². The van der Waals surface area contributed by atoms with Crippen molar-refractivity contribution in [2.45, 2.75) is 25.7 Å². The molecule has 1 N–H and O–H groups in total. The van der Waals surface area contributed by atoms with Crippen LogP contribution >= 0.6 is 0 Å². The van der Waals surface area contributed by atoms with Crippen LogP contribution in [0.1, 0.15) is 46.4 Å². The lowest BCUT2D eigenvalue weighted by Crippen LogP contribution is -2.37. The minimum Gasteiger partial charge on any atom is -0.352 e. The zero-order chi connectivity index (χ0) is 19.8. The Kier molecular flexibility index (Phi) is 7.31. The number of hydrogen-bond donors (Lipinski definition) is 1. The number of Topliss-reactive ketones (excluding diaryl/α,β-unsaturated/α-hetero) is 1. The predicted octanol–water partition coefficient (Wildman–Crippen LogP) is 3.93. The van der Waals surface area contributed by atoms with E-state index in [1.807, 2.05) is 30.3 Å². The van der Waals surface area contributed by atoms with Crippen molar-refractivity contribution in [3.05, 3.63) is 71.5 Å². The van der Waals surface area contributed by atoms with Crippen molar-refractivity contribution in [1.82, 2.24) is 10.2 Å². The van der Waals surface area contributed by atoms with Crippen LogP contribution in [0.15, 0.2) is 54.6 Å². The highest BCUT2D eigenvalue weighted by atomic mass is 19.1. The van der Waals surface area contributed by atoms with Gasteiger partial charge in [0.25, 0.3) is 5.91 Å². The number of carbonyl (C=O) groups excluding carboxylic acids is 2. The fraction of sp³-hybridized carbons (Fsp3) is 0.391. The van der Waals surface area contributed by atoms with E-state index < -0.39 is 0 Å². The zero-order valence-electron chi connectivity index (χ0n) is 16.1. The average molecular weight is 382 g/mol. The molecule has 0 radical (unpaired) electrons. The number of ketones is 1. The molecule has 1 aliphatic heterocycles. The van der Waals surface area contributed by atoms with Crippen LogP contribution in [0, 0.1) is 11.7 Å². The number of rotatable bonds is 8. The van der Waals surface area contributed by atoms with E-state index in [-0.39, 0.29) is 23.4 Å². The summed E-state index contributed by atoms with van der Waals surface area (Å²) in [7, 11) is 0. The molecule has 0 aliphatic carbocycles. The van der Waals surface area contributed by atoms with Crippen molar-refractivity contribution >= 4 is 11.7 Å². The standard InChI is InChI=1S/C23H27FN2O2/c24-21-10-8-18(9-11-21)22(27)19-12-16-26(17-13-19)15-5-4-14-25-23(28)20-6-2-1-3-7-20/h1-3,6-11,19H,4-5,12-17H2,(H,25,28). The van der Waals surface area contributed by atoms with E-state index >= 15 is 0 Å². The molecule has 3 rings (SSSR count). The van der Waals surface area contributed by atoms with Gasteiger partial charge in [0.2, 0.25) is 0 Å². The molecule has 2 aromatic rings. The third kappa shape index (κ3) is 5.73. The third-order valence-electron chi connectivity index (χ3n) is 5.31. The first-order valence-corrected chi connectivity index (χ1v) is 9.99. The molecular formula is C23H27FN2O2. The Morgan fingerprint density at radius 1 is 0.929 bits per heavy atom. The smallest absolute Gasteiger partial charge is 0.251 e. The summed E-state index contributed by atoms with van der Waals surface area (Å²) in [4.78, 5) is 26.9. The van der Waals surface area contributed by atoms with Crippen molar-refractivity contribution in [3.8, 4) is 0 Å². The molecule has 148 valence electrons. The largest absolute Gasteiger partial charge is 0.352 e. The molecule has 0 bridgehead atoms. The van der Waals surface area contributed by atoms with Gasteiger partial charge in [0.15, 0.2) is 5.78 Å². The SMILES string of the molecule is O=C(NCCCCN1CCC(C(=O)c2ccc(F)cc2)CC1)c1ccccc1. The van der Waals surface area contributed by atoms with Gasteiger partial charge in [0, 0.05) is 23.6 Å². The molecule has 0 saturated carbocycles. The molecule has 0 atom stereocenters. The van der Waals surface area contributed by atoms with Crippen molar-refractivity contribution in [3.63, 3.8) is 0 Å². The van der Waals surface area contributed by atoms with Crippen molar-refractivity contribution in [2.75, 3.05) is 26.2 Å². The molecule has 1 aliphatic rings. The summed E-state index contributed by atoms with van der Waals surface area (Å²) in [5.41, 5.74) is 1.30. The minimum absolute atomic E-state index is 0.0271. The van der Waals surface area contributed by atoms with Gasteiger partial charge in [-0.1, -0.05) is 18.2 Å². The van der Waals surface area contributed by atoms with Crippen LogP contribution in [-0.2, 0) is 0 Å². The minimum atomic E-state index is -0.314. The van der Waals surface area contributed by atoms with Crippen LogP contribution in [-0.4, -0.2) is 42.8 Å². The van der Waals surface area contributed by atoms with E-state index in [2.05, 4.69) is 10.2 Å². The maximum Gasteiger partial charge on any atom is 0.251 e. The second kappa shape index (κ2) is 10.1. The van der Waals surface area contributed by atoms with Gasteiger partial charge in [-0.05, 0) is 81.7 Å². The van der Waals surface area contributed by atoms with Crippen molar-refractivity contribution in [1.29, 1.82) is 0 Å². The molecular weight excluding hydrogens is 355 g/mol. The lowest BCUT2D eigenvalue weighted by Gasteiger charge is -2.31. The Labute approximate surface area is 165 Å². The fourth-order valence-electron chi connectivity index (χ4n) is 3.62. The van der Waals surface area contributed by atoms with E-state index in [0.29, 0.717) is 17.7 Å². The molecule has 1 heterocycles. The number of nitrogens with one attached hydrogen (secondary N) is 1. The first kappa shape index (κ1) is 20.2. The highest BCUT2D eigenvalue weighted by molar-refractivity contribution is 5.97. The summed E-state index contributed by atoms with van der Waals surface area (Å²) in [6.07, 6.45) is 3.65. The molecule has 1 saturated heterocycles. The summed E-state index contributed by atoms with van der Waals surface area (Å²) < 4.78 is 13.0. The number of likely N-dealkylation sites (tertiary alicyclic amines) is 1. The topological polar surface area (TPSA) is 49.4 Å². The fourth-order valence-corrected chi connectivity index (χ4v) is 3.62. The highest BCUT2D eigenvalue weighted by Crippen LogP contribution is 2.22. The first-order chi connectivity index (χ1) is 13.6. The van der Waals surface area contributed by atoms with Crippen molar-refractivity contribution < 1.29 is 14.0 Å². The summed E-state index contributed by atoms with van der Waals surface area (Å²) in [6, 6.07) is 15.1. The zero-order valence-corrected chi connectivity index (χ0v) is 16.1. The first-order valence-electron chi connectivity index (χ1n) is 9.99. The van der Waals surface area contributed by atoms with Gasteiger partial charge in [-0.2, -0.15) is 0 Å². The second-order valence-corrected chi connectivity index (χ2v) is 7.32. The molecule has 4 nitrogen and oxygen atoms in total. The van der Waals surface area contributed by atoms with Crippen molar-refractivity contribution in [2.24, 2.45) is 5.92 Å². The van der Waals surface area contributed by atoms with Gasteiger partial charge < -0.3 is 10.2 Å². The monoisotopic (exact) mass is 382 g/mol. The van der Waals surface area contributed by atoms with E-state index in [4.69, 9.17) is 0 Å². The summed E-state index contributed by atoms with van der Waals surface area (Å²) in [5, 5.41) is 2.95. The summed E-state index contributed by atoms with van der Waals surface area (Å²) >= 11 is 0. The second-order valence-electron chi connectivity index (χ2n) is 7.32. The molecule has 1 fully saturated rings. The summed E-state index contributed by atoms with van der Waals surface area (Å²) in [5.74, 6) is -0.179. The number of benzene rings is 2. The lowest BCUT2D eigenvalue weighted by atomic mass is 9.89. The van der Waals surface area contributed by atoms with Gasteiger partial charge in [0.1, 0.15) is 5.82 Å². The van der Waals surface area contributed by atoms with Crippen LogP contribution in [0.3, 0.4) is 0 Å². The normalized spacial score (nSPS) is 15.3. The van der Waals surface area contributed by atoms with Gasteiger partial charge in [-0.3, -0.25) is 9.59 Å². The Morgan fingerprint density at radius 3 is 2.29 bits per heavy atom. The molecule has 0 aromatic heterocycles. The number of piperidine rings is 1. The number of unbranched alkanes of at least 4 members (excludes halogenated alkanes) is 1. The average Bonchev–Trinajstić information content (AvgIpc) is 2.74. The highest BCUT2D eigenvalue weighted by Gasteiger charge is 2.25. The van der Waals surface area contributed by atoms with E-state index in [1.165, 1.54) is 12.1 Å². The van der Waals surface area contributed by atoms with E-state index in [1.54, 1.807) is 12.1 Å². The van der Waals surface area contributed by atoms with Crippen LogP contribution in [0.2, 0.25) is 0 Å². The molecule has 0 unspecified atom stereocenters. The van der Waals surface area contributed by atoms with E-state index in [9.17, 15) is 14.0 Å². The van der Waals surface area contributed by atoms with Crippen LogP contribution in [0.4, 0.5) is 4.39 Å². The van der Waals surface area contributed by atoms with Gasteiger partial charge >= 0.3 is 0 Å². The quantitative estimate of drug-likeness (QED) is 0.556. The van der Waals surface area contributed by atoms with Crippen LogP contribution in [0.25, 0.3) is 0 Å². The van der Waals surface area contributed by atoms with Crippen LogP contribution in [0.5, 0.6) is 0 Å². The lowest BCUT2D eigenvalue weighted by molar-refractivity contribution is 0.0839. The molecule has 5 heteroatoms. The number of halogens is 1. The Balaban J connectivity index is 1.31. The Bertz CT molecular complexity index is 769. The Hall–Kier alpha value is -2.53. The maximum atomic E-state index is 13.0. The molecule has 2 aromatic carbocycles. The number of amides is 1. The molecule has 1 amide bonds. The van der Waals surface area contributed by atoms with E-state index in [0.717, 1.165) is 45.3 Å². The van der Waals surface area contributed by atoms with Gasteiger partial charge in [-0.15, -0.1) is 0 Å². The molecule has 28 heavy (non-hydrogen) atoms.